The molecule has 5 nitrogen and oxygen atoms in total. The molecule has 7 heteroatoms. The lowest BCUT2D eigenvalue weighted by molar-refractivity contribution is 0.272. The minimum absolute atomic E-state index is 0.0713. The smallest absolute Gasteiger partial charge is 0.267 e. The molecule has 0 radical (unpaired) electrons. The van der Waals surface area contributed by atoms with Gasteiger partial charge in [-0.15, -0.1) is 11.3 Å². The molecule has 3 aromatic rings. The number of likely N-dealkylation sites (N-methyl/N-ethyl adjacent to an activating group) is 1. The van der Waals surface area contributed by atoms with Gasteiger partial charge in [-0.3, -0.25) is 14.3 Å². The highest BCUT2D eigenvalue weighted by atomic mass is 32.2. The molecule has 0 atom stereocenters. The number of hydrogen-bond donors (Lipinski definition) is 0. The van der Waals surface area contributed by atoms with E-state index in [2.05, 4.69) is 18.7 Å². The summed E-state index contributed by atoms with van der Waals surface area (Å²) in [5, 5.41) is 1.63. The van der Waals surface area contributed by atoms with Crippen LogP contribution in [0, 0.1) is 0 Å². The third kappa shape index (κ3) is 5.69. The predicted molar refractivity (Wildman–Crippen MR) is 145 cm³/mol. The van der Waals surface area contributed by atoms with Gasteiger partial charge in [-0.25, -0.2) is 4.98 Å². The van der Waals surface area contributed by atoms with Crippen molar-refractivity contribution >= 4 is 33.3 Å². The second kappa shape index (κ2) is 12.2. The van der Waals surface area contributed by atoms with Crippen molar-refractivity contribution in [2.75, 3.05) is 25.4 Å². The van der Waals surface area contributed by atoms with Gasteiger partial charge >= 0.3 is 0 Å². The van der Waals surface area contributed by atoms with Crippen molar-refractivity contribution in [3.05, 3.63) is 45.1 Å². The highest BCUT2D eigenvalue weighted by Gasteiger charge is 2.25. The van der Waals surface area contributed by atoms with E-state index in [4.69, 9.17) is 9.72 Å². The number of fused-ring (bicyclic) bond motifs is 3. The van der Waals surface area contributed by atoms with Gasteiger partial charge in [0.1, 0.15) is 10.6 Å². The fraction of sp³-hybridized carbons (Fsp3) is 0.556. The van der Waals surface area contributed by atoms with E-state index in [9.17, 15) is 4.79 Å². The van der Waals surface area contributed by atoms with E-state index >= 15 is 0 Å². The lowest BCUT2D eigenvalue weighted by Crippen LogP contribution is -2.30. The van der Waals surface area contributed by atoms with Gasteiger partial charge in [0, 0.05) is 23.7 Å². The Morgan fingerprint density at radius 3 is 2.56 bits per heavy atom. The van der Waals surface area contributed by atoms with E-state index in [0.29, 0.717) is 6.61 Å². The van der Waals surface area contributed by atoms with E-state index in [0.717, 1.165) is 65.0 Å². The molecule has 0 fully saturated rings. The van der Waals surface area contributed by atoms with Crippen LogP contribution in [0.15, 0.2) is 34.2 Å². The second-order valence-corrected chi connectivity index (χ2v) is 11.0. The Bertz CT molecular complexity index is 1140. The van der Waals surface area contributed by atoms with E-state index in [1.54, 1.807) is 23.1 Å². The van der Waals surface area contributed by atoms with Crippen molar-refractivity contribution in [3.8, 4) is 11.4 Å². The number of thiophene rings is 1. The first-order valence-electron chi connectivity index (χ1n) is 12.8. The number of hydrogen-bond acceptors (Lipinski definition) is 6. The topological polar surface area (TPSA) is 47.4 Å². The summed E-state index contributed by atoms with van der Waals surface area (Å²) in [6, 6.07) is 7.85. The zero-order valence-corrected chi connectivity index (χ0v) is 22.4. The molecule has 4 rings (SSSR count). The summed E-state index contributed by atoms with van der Waals surface area (Å²) >= 11 is 3.43. The van der Waals surface area contributed by atoms with Gasteiger partial charge in [-0.2, -0.15) is 0 Å². The van der Waals surface area contributed by atoms with Crippen LogP contribution in [-0.2, 0) is 13.0 Å². The molecule has 0 saturated carbocycles. The van der Waals surface area contributed by atoms with Crippen molar-refractivity contribution in [1.82, 2.24) is 14.5 Å². The number of nitrogens with zero attached hydrogens (tertiary/aromatic N) is 3. The van der Waals surface area contributed by atoms with Crippen molar-refractivity contribution in [3.63, 3.8) is 0 Å². The van der Waals surface area contributed by atoms with E-state index in [1.165, 1.54) is 42.5 Å². The molecule has 0 aliphatic carbocycles. The zero-order chi connectivity index (χ0) is 23.9. The maximum absolute atomic E-state index is 13.9. The largest absolute Gasteiger partial charge is 0.494 e. The summed E-state index contributed by atoms with van der Waals surface area (Å²) in [6.07, 6.45) is 8.51. The number of unbranched alkanes of at least 4 members (excludes halogenated alkanes) is 5. The average Bonchev–Trinajstić information content (AvgIpc) is 3.22. The minimum Gasteiger partial charge on any atom is -0.494 e. The first-order valence-corrected chi connectivity index (χ1v) is 14.6. The zero-order valence-electron chi connectivity index (χ0n) is 20.8. The van der Waals surface area contributed by atoms with Crippen molar-refractivity contribution in [1.29, 1.82) is 0 Å². The molecule has 1 aliphatic heterocycles. The molecule has 3 heterocycles. The molecule has 0 amide bonds. The van der Waals surface area contributed by atoms with Crippen molar-refractivity contribution < 1.29 is 4.74 Å². The van der Waals surface area contributed by atoms with Gasteiger partial charge in [0.25, 0.3) is 5.56 Å². The molecule has 1 aliphatic rings. The molecule has 2 aromatic heterocycles. The molecule has 0 saturated heterocycles. The average molecular weight is 500 g/mol. The molecule has 0 unspecified atom stereocenters. The fourth-order valence-electron chi connectivity index (χ4n) is 4.58. The van der Waals surface area contributed by atoms with Crippen LogP contribution in [0.1, 0.15) is 69.7 Å². The Balaban J connectivity index is 1.66. The molecule has 184 valence electrons. The number of benzene rings is 1. The van der Waals surface area contributed by atoms with Crippen LogP contribution >= 0.6 is 23.1 Å². The quantitative estimate of drug-likeness (QED) is 0.158. The summed E-state index contributed by atoms with van der Waals surface area (Å²) < 4.78 is 7.45. The molecular formula is C27H37N3O2S2. The molecular weight excluding hydrogens is 462 g/mol. The van der Waals surface area contributed by atoms with E-state index < -0.39 is 0 Å². The Kier molecular flexibility index (Phi) is 9.09. The Labute approximate surface area is 211 Å². The minimum atomic E-state index is 0.0713. The lowest BCUT2D eigenvalue weighted by Gasteiger charge is -2.25. The van der Waals surface area contributed by atoms with Gasteiger partial charge in [0.15, 0.2) is 5.16 Å². The van der Waals surface area contributed by atoms with Gasteiger partial charge in [0.2, 0.25) is 0 Å². The number of aromatic nitrogens is 2. The highest BCUT2D eigenvalue weighted by molar-refractivity contribution is 7.99. The summed E-state index contributed by atoms with van der Waals surface area (Å²) in [4.78, 5) is 23.6. The maximum Gasteiger partial charge on any atom is 0.267 e. The Morgan fingerprint density at radius 1 is 1.06 bits per heavy atom. The van der Waals surface area contributed by atoms with Crippen molar-refractivity contribution in [2.45, 2.75) is 77.4 Å². The van der Waals surface area contributed by atoms with Crippen LogP contribution in [0.3, 0.4) is 0 Å². The molecule has 1 aromatic carbocycles. The standard InChI is InChI=1S/C27H37N3O2S2/c1-4-7-8-9-10-11-18-33-27-28-25-24(22-16-17-29(5-2)19-23(22)34-25)26(31)30(27)20-12-14-21(15-13-20)32-6-3/h12-15H,4-11,16-19H2,1-3H3. The number of ether oxygens (including phenoxy) is 1. The van der Waals surface area contributed by atoms with E-state index in [-0.39, 0.29) is 5.56 Å². The Hall–Kier alpha value is -1.83. The van der Waals surface area contributed by atoms with Crippen LogP contribution in [0.2, 0.25) is 0 Å². The third-order valence-corrected chi connectivity index (χ3v) is 8.64. The summed E-state index contributed by atoms with van der Waals surface area (Å²) in [7, 11) is 0. The normalized spacial score (nSPS) is 14.0. The maximum atomic E-state index is 13.9. The van der Waals surface area contributed by atoms with E-state index in [1.807, 2.05) is 35.8 Å². The van der Waals surface area contributed by atoms with Gasteiger partial charge in [-0.05, 0) is 56.1 Å². The Morgan fingerprint density at radius 2 is 1.82 bits per heavy atom. The summed E-state index contributed by atoms with van der Waals surface area (Å²) in [5.74, 6) is 1.80. The van der Waals surface area contributed by atoms with Crippen LogP contribution in [0.5, 0.6) is 5.75 Å². The van der Waals surface area contributed by atoms with Crippen molar-refractivity contribution in [2.24, 2.45) is 0 Å². The summed E-state index contributed by atoms with van der Waals surface area (Å²) in [5.41, 5.74) is 2.15. The fourth-order valence-corrected chi connectivity index (χ4v) is 6.89. The summed E-state index contributed by atoms with van der Waals surface area (Å²) in [6.45, 7) is 10.0. The monoisotopic (exact) mass is 499 g/mol. The predicted octanol–water partition coefficient (Wildman–Crippen LogP) is 6.68. The first-order chi connectivity index (χ1) is 16.7. The highest BCUT2D eigenvalue weighted by Crippen LogP contribution is 2.34. The van der Waals surface area contributed by atoms with Crippen LogP contribution in [0.4, 0.5) is 0 Å². The molecule has 34 heavy (non-hydrogen) atoms. The van der Waals surface area contributed by atoms with Crippen LogP contribution < -0.4 is 10.3 Å². The lowest BCUT2D eigenvalue weighted by atomic mass is 10.1. The molecule has 0 bridgehead atoms. The second-order valence-electron chi connectivity index (χ2n) is 8.88. The van der Waals surface area contributed by atoms with Crippen LogP contribution in [-0.4, -0.2) is 39.9 Å². The van der Waals surface area contributed by atoms with Gasteiger partial charge < -0.3 is 4.74 Å². The van der Waals surface area contributed by atoms with Gasteiger partial charge in [-0.1, -0.05) is 57.7 Å². The van der Waals surface area contributed by atoms with Gasteiger partial charge in [0.05, 0.1) is 17.7 Å². The number of thioether (sulfide) groups is 1. The SMILES string of the molecule is CCCCCCCCSc1nc2sc3c(c2c(=O)n1-c1ccc(OCC)cc1)CCN(CC)C3. The number of rotatable bonds is 12. The molecule has 0 N–H and O–H groups in total. The first kappa shape index (κ1) is 25.3. The van der Waals surface area contributed by atoms with Crippen LogP contribution in [0.25, 0.3) is 15.9 Å². The molecule has 0 spiro atoms. The third-order valence-electron chi connectivity index (χ3n) is 6.50.